The maximum atomic E-state index is 7.02. The number of furan rings is 3. The van der Waals surface area contributed by atoms with Crippen LogP contribution in [0, 0.1) is 0 Å². The van der Waals surface area contributed by atoms with Crippen molar-refractivity contribution >= 4 is 109 Å². The summed E-state index contributed by atoms with van der Waals surface area (Å²) in [6.07, 6.45) is 0. The van der Waals surface area contributed by atoms with Gasteiger partial charge in [0.05, 0.1) is 16.7 Å². The Balaban J connectivity index is 1.02. The molecule has 0 fully saturated rings. The first-order valence-electron chi connectivity index (χ1n) is 22.1. The van der Waals surface area contributed by atoms with E-state index in [1.54, 1.807) is 0 Å². The minimum atomic E-state index is 0.534. The van der Waals surface area contributed by atoms with E-state index >= 15 is 0 Å². The lowest BCUT2D eigenvalue weighted by Crippen LogP contribution is -2.01. The van der Waals surface area contributed by atoms with Crippen LogP contribution in [-0.4, -0.2) is 19.5 Å². The molecule has 10 aromatic carbocycles. The predicted octanol–water partition coefficient (Wildman–Crippen LogP) is 16.0. The third kappa shape index (κ3) is 5.05. The first kappa shape index (κ1) is 35.4. The topological polar surface area (TPSA) is 83.0 Å². The summed E-state index contributed by atoms with van der Waals surface area (Å²) in [5.41, 5.74) is 10.5. The molecule has 0 amide bonds. The number of benzene rings is 10. The molecule has 7 heteroatoms. The van der Waals surface area contributed by atoms with E-state index in [0.29, 0.717) is 17.5 Å². The van der Waals surface area contributed by atoms with Crippen LogP contribution < -0.4 is 0 Å². The zero-order chi connectivity index (χ0) is 43.0. The molecule has 0 saturated heterocycles. The minimum absolute atomic E-state index is 0.534. The van der Waals surface area contributed by atoms with Gasteiger partial charge in [-0.05, 0) is 106 Å². The van der Waals surface area contributed by atoms with Crippen molar-refractivity contribution in [1.82, 2.24) is 19.5 Å². The Bertz CT molecular complexity index is 4420. The van der Waals surface area contributed by atoms with Gasteiger partial charge >= 0.3 is 0 Å². The Labute approximate surface area is 374 Å². The molecule has 5 aromatic heterocycles. The minimum Gasteiger partial charge on any atom is -0.456 e. The van der Waals surface area contributed by atoms with Crippen molar-refractivity contribution in [2.24, 2.45) is 0 Å². The Morgan fingerprint density at radius 2 is 0.848 bits per heavy atom. The zero-order valence-corrected chi connectivity index (χ0v) is 35.0. The van der Waals surface area contributed by atoms with Crippen LogP contribution in [0.2, 0.25) is 0 Å². The molecular weight excluding hydrogens is 813 g/mol. The molecule has 0 bridgehead atoms. The molecule has 66 heavy (non-hydrogen) atoms. The Kier molecular flexibility index (Phi) is 7.10. The van der Waals surface area contributed by atoms with Crippen LogP contribution in [0.25, 0.3) is 149 Å². The molecule has 15 aromatic rings. The van der Waals surface area contributed by atoms with E-state index in [9.17, 15) is 0 Å². The summed E-state index contributed by atoms with van der Waals surface area (Å²) in [7, 11) is 0. The molecule has 0 N–H and O–H groups in total. The molecule has 0 aliphatic carbocycles. The van der Waals surface area contributed by atoms with Gasteiger partial charge in [0.1, 0.15) is 27.9 Å². The first-order chi connectivity index (χ1) is 32.7. The van der Waals surface area contributed by atoms with Crippen molar-refractivity contribution in [2.75, 3.05) is 0 Å². The number of nitrogens with zero attached hydrogens (tertiary/aromatic N) is 4. The lowest BCUT2D eigenvalue weighted by molar-refractivity contribution is 0.666. The molecule has 7 nitrogen and oxygen atoms in total. The third-order valence-corrected chi connectivity index (χ3v) is 13.4. The normalized spacial score (nSPS) is 12.2. The van der Waals surface area contributed by atoms with Gasteiger partial charge in [0.2, 0.25) is 0 Å². The molecule has 0 aliphatic heterocycles. The summed E-state index contributed by atoms with van der Waals surface area (Å²) in [6.45, 7) is 0. The summed E-state index contributed by atoms with van der Waals surface area (Å²) < 4.78 is 21.9. The molecule has 15 rings (SSSR count). The molecule has 5 heterocycles. The van der Waals surface area contributed by atoms with E-state index in [4.69, 9.17) is 28.2 Å². The third-order valence-electron chi connectivity index (χ3n) is 13.4. The van der Waals surface area contributed by atoms with Gasteiger partial charge in [0.15, 0.2) is 23.1 Å². The smallest absolute Gasteiger partial charge is 0.164 e. The first-order valence-corrected chi connectivity index (χ1v) is 22.1. The van der Waals surface area contributed by atoms with E-state index in [1.807, 2.05) is 72.8 Å². The van der Waals surface area contributed by atoms with Crippen molar-refractivity contribution < 1.29 is 13.3 Å². The SMILES string of the molecule is c1ccc2cc3c(cc2c1)c1c2ccccc2ccc1n3-c1ccc(-c2nc(-c3ccc4oc5ccccc5c4c3)nc(-c3ccc4oc5ccccc5c4c3)n2)c2c1oc1ccccc12. The fraction of sp³-hybridized carbons (Fsp3) is 0. The fourth-order valence-electron chi connectivity index (χ4n) is 10.4. The standard InChI is InChI=1S/C59H32N4O3/c1-2-13-35-32-48-45(29-34(35)12-1)54-38-14-4-3-11-33(38)21-25-46(54)63(48)47-26-24-42(55-41-17-7-10-20-51(41)66-56(47)55)59-61-57(36-22-27-52-43(30-36)39-15-5-8-18-49(39)64-52)60-58(62-59)37-23-28-53-44(31-37)40-16-6-9-19-50(40)65-53/h1-32H. The number of fused-ring (bicyclic) bond motifs is 15. The van der Waals surface area contributed by atoms with Crippen LogP contribution in [0.3, 0.4) is 0 Å². The largest absolute Gasteiger partial charge is 0.456 e. The van der Waals surface area contributed by atoms with Crippen molar-refractivity contribution in [3.05, 3.63) is 194 Å². The Morgan fingerprint density at radius 3 is 1.52 bits per heavy atom. The van der Waals surface area contributed by atoms with E-state index in [2.05, 4.69) is 126 Å². The summed E-state index contributed by atoms with van der Waals surface area (Å²) in [5.74, 6) is 1.63. The lowest BCUT2D eigenvalue weighted by Gasteiger charge is -2.13. The molecule has 306 valence electrons. The van der Waals surface area contributed by atoms with Crippen molar-refractivity contribution in [3.8, 4) is 39.9 Å². The zero-order valence-electron chi connectivity index (χ0n) is 35.0. The number of hydrogen-bond donors (Lipinski definition) is 0. The highest BCUT2D eigenvalue weighted by Gasteiger charge is 2.24. The highest BCUT2D eigenvalue weighted by molar-refractivity contribution is 6.24. The van der Waals surface area contributed by atoms with Gasteiger partial charge in [-0.15, -0.1) is 0 Å². The summed E-state index contributed by atoms with van der Waals surface area (Å²) >= 11 is 0. The summed E-state index contributed by atoms with van der Waals surface area (Å²) in [4.78, 5) is 15.9. The maximum Gasteiger partial charge on any atom is 0.164 e. The number of para-hydroxylation sites is 3. The van der Waals surface area contributed by atoms with Gasteiger partial charge in [-0.1, -0.05) is 109 Å². The van der Waals surface area contributed by atoms with Gasteiger partial charge in [-0.3, -0.25) is 0 Å². The second kappa shape index (κ2) is 13.2. The predicted molar refractivity (Wildman–Crippen MR) is 267 cm³/mol. The van der Waals surface area contributed by atoms with Gasteiger partial charge in [-0.25, -0.2) is 15.0 Å². The van der Waals surface area contributed by atoms with Crippen molar-refractivity contribution in [2.45, 2.75) is 0 Å². The van der Waals surface area contributed by atoms with Crippen LogP contribution >= 0.6 is 0 Å². The average molecular weight is 845 g/mol. The van der Waals surface area contributed by atoms with E-state index in [0.717, 1.165) is 99.2 Å². The molecule has 0 unspecified atom stereocenters. The molecule has 0 saturated carbocycles. The second-order valence-electron chi connectivity index (χ2n) is 17.1. The summed E-state index contributed by atoms with van der Waals surface area (Å²) in [5, 5.41) is 13.1. The Morgan fingerprint density at radius 1 is 0.318 bits per heavy atom. The second-order valence-corrected chi connectivity index (χ2v) is 17.1. The Hall–Kier alpha value is -9.07. The van der Waals surface area contributed by atoms with Gasteiger partial charge in [0, 0.05) is 59.8 Å². The highest BCUT2D eigenvalue weighted by atomic mass is 16.3. The number of hydrogen-bond acceptors (Lipinski definition) is 6. The fourth-order valence-corrected chi connectivity index (χ4v) is 10.4. The molecule has 0 aliphatic rings. The maximum absolute atomic E-state index is 7.02. The van der Waals surface area contributed by atoms with Crippen LogP contribution in [0.5, 0.6) is 0 Å². The molecule has 0 radical (unpaired) electrons. The van der Waals surface area contributed by atoms with E-state index < -0.39 is 0 Å². The van der Waals surface area contributed by atoms with Gasteiger partial charge in [-0.2, -0.15) is 0 Å². The van der Waals surface area contributed by atoms with Gasteiger partial charge in [0.25, 0.3) is 0 Å². The monoisotopic (exact) mass is 844 g/mol. The molecule has 0 spiro atoms. The van der Waals surface area contributed by atoms with Crippen molar-refractivity contribution in [1.29, 1.82) is 0 Å². The molecular formula is C59H32N4O3. The van der Waals surface area contributed by atoms with Gasteiger partial charge < -0.3 is 17.8 Å². The van der Waals surface area contributed by atoms with Crippen LogP contribution in [-0.2, 0) is 0 Å². The average Bonchev–Trinajstić information content (AvgIpc) is 4.14. The van der Waals surface area contributed by atoms with E-state index in [-0.39, 0.29) is 0 Å². The number of aromatic nitrogens is 4. The van der Waals surface area contributed by atoms with Crippen LogP contribution in [0.1, 0.15) is 0 Å². The van der Waals surface area contributed by atoms with Crippen LogP contribution in [0.15, 0.2) is 207 Å². The lowest BCUT2D eigenvalue weighted by atomic mass is 10.0. The van der Waals surface area contributed by atoms with Crippen LogP contribution in [0.4, 0.5) is 0 Å². The molecule has 0 atom stereocenters. The highest BCUT2D eigenvalue weighted by Crippen LogP contribution is 2.45. The summed E-state index contributed by atoms with van der Waals surface area (Å²) in [6, 6.07) is 67.5. The van der Waals surface area contributed by atoms with Crippen molar-refractivity contribution in [3.63, 3.8) is 0 Å². The quantitative estimate of drug-likeness (QED) is 0.175. The van der Waals surface area contributed by atoms with E-state index in [1.165, 1.54) is 32.3 Å². The number of rotatable bonds is 4.